The third-order valence-electron chi connectivity index (χ3n) is 4.27. The molecule has 0 bridgehead atoms. The summed E-state index contributed by atoms with van der Waals surface area (Å²) in [6.07, 6.45) is -0.823. The van der Waals surface area contributed by atoms with Gasteiger partial charge in [-0.2, -0.15) is 0 Å². The van der Waals surface area contributed by atoms with Crippen LogP contribution in [0.15, 0.2) is 54.6 Å². The highest BCUT2D eigenvalue weighted by Crippen LogP contribution is 2.32. The lowest BCUT2D eigenvalue weighted by Gasteiger charge is -2.32. The van der Waals surface area contributed by atoms with Crippen molar-refractivity contribution in [2.45, 2.75) is 19.1 Å². The number of nitrogens with zero attached hydrogens (tertiary/aromatic N) is 1. The van der Waals surface area contributed by atoms with E-state index >= 15 is 0 Å². The zero-order valence-corrected chi connectivity index (χ0v) is 14.5. The Balaban J connectivity index is 2.03. The van der Waals surface area contributed by atoms with Crippen LogP contribution in [0.2, 0.25) is 0 Å². The Morgan fingerprint density at radius 2 is 1.50 bits per heavy atom. The molecule has 2 aromatic carbocycles. The third-order valence-corrected chi connectivity index (χ3v) is 4.27. The summed E-state index contributed by atoms with van der Waals surface area (Å²) in [7, 11) is 1.47. The Hall–Kier alpha value is -2.99. The number of hydrogen-bond donors (Lipinski definition) is 0. The van der Waals surface area contributed by atoms with Crippen LogP contribution in [-0.4, -0.2) is 42.4 Å². The molecule has 0 unspecified atom stereocenters. The van der Waals surface area contributed by atoms with Crippen molar-refractivity contribution in [3.63, 3.8) is 0 Å². The number of ether oxygens (including phenoxy) is 2. The first-order valence-corrected chi connectivity index (χ1v) is 8.22. The molecule has 2 atom stereocenters. The summed E-state index contributed by atoms with van der Waals surface area (Å²) in [5, 5.41) is 0. The first kappa shape index (κ1) is 17.8. The van der Waals surface area contributed by atoms with Crippen LogP contribution in [0.1, 0.15) is 39.3 Å². The fourth-order valence-corrected chi connectivity index (χ4v) is 3.17. The third kappa shape index (κ3) is 3.23. The number of esters is 1. The molecule has 0 radical (unpaired) electrons. The fourth-order valence-electron chi connectivity index (χ4n) is 3.17. The molecule has 0 N–H and O–H groups in total. The van der Waals surface area contributed by atoms with Gasteiger partial charge in [0, 0.05) is 14.0 Å². The van der Waals surface area contributed by atoms with Crippen molar-refractivity contribution in [1.29, 1.82) is 0 Å². The summed E-state index contributed by atoms with van der Waals surface area (Å²) in [5.41, 5.74) is 1.36. The van der Waals surface area contributed by atoms with Gasteiger partial charge in [0.2, 0.25) is 0 Å². The van der Waals surface area contributed by atoms with E-state index in [1.165, 1.54) is 14.0 Å². The van der Waals surface area contributed by atoms with Gasteiger partial charge >= 0.3 is 5.97 Å². The fraction of sp³-hybridized carbons (Fsp3) is 0.250. The minimum absolute atomic E-state index is 0.0400. The Morgan fingerprint density at radius 3 is 2.00 bits per heavy atom. The number of fused-ring (bicyclic) bond motifs is 1. The van der Waals surface area contributed by atoms with Gasteiger partial charge in [0.05, 0.1) is 17.7 Å². The van der Waals surface area contributed by atoms with Crippen LogP contribution < -0.4 is 0 Å². The molecular weight excluding hydrogens is 334 g/mol. The summed E-state index contributed by atoms with van der Waals surface area (Å²) in [6, 6.07) is 14.9. The van der Waals surface area contributed by atoms with Gasteiger partial charge in [-0.05, 0) is 17.7 Å². The van der Waals surface area contributed by atoms with Crippen molar-refractivity contribution in [3.8, 4) is 0 Å². The summed E-state index contributed by atoms with van der Waals surface area (Å²) in [4.78, 5) is 38.5. The molecular formula is C20H19NO5. The lowest BCUT2D eigenvalue weighted by atomic mass is 10.0. The summed E-state index contributed by atoms with van der Waals surface area (Å²) in [6.45, 7) is 1.33. The minimum atomic E-state index is -0.823. The molecule has 0 aromatic heterocycles. The summed E-state index contributed by atoms with van der Waals surface area (Å²) >= 11 is 0. The van der Waals surface area contributed by atoms with Crippen LogP contribution in [0, 0.1) is 0 Å². The Kier molecular flexibility index (Phi) is 5.14. The number of amides is 2. The Bertz CT molecular complexity index is 798. The van der Waals surface area contributed by atoms with E-state index in [0.717, 1.165) is 4.90 Å². The van der Waals surface area contributed by atoms with Crippen LogP contribution in [0.25, 0.3) is 0 Å². The SMILES string of the molecule is COC[C@@H]([C@H](OC(C)=O)c1ccccc1)N1C(=O)c2ccccc2C1=O. The molecule has 0 saturated heterocycles. The number of rotatable bonds is 6. The van der Waals surface area contributed by atoms with E-state index in [1.807, 2.05) is 6.07 Å². The number of hydrogen-bond acceptors (Lipinski definition) is 5. The van der Waals surface area contributed by atoms with Crippen LogP contribution in [0.5, 0.6) is 0 Å². The molecule has 0 saturated carbocycles. The molecule has 26 heavy (non-hydrogen) atoms. The molecule has 6 nitrogen and oxygen atoms in total. The average molecular weight is 353 g/mol. The molecule has 1 aliphatic heterocycles. The number of carbonyl (C=O) groups excluding carboxylic acids is 3. The van der Waals surface area contributed by atoms with Crippen molar-refractivity contribution in [2.75, 3.05) is 13.7 Å². The highest BCUT2D eigenvalue weighted by atomic mass is 16.5. The van der Waals surface area contributed by atoms with E-state index in [4.69, 9.17) is 9.47 Å². The van der Waals surface area contributed by atoms with Crippen molar-refractivity contribution in [1.82, 2.24) is 4.90 Å². The molecule has 1 aliphatic rings. The van der Waals surface area contributed by atoms with Crippen molar-refractivity contribution in [2.24, 2.45) is 0 Å². The zero-order valence-electron chi connectivity index (χ0n) is 14.5. The maximum atomic E-state index is 12.9. The van der Waals surface area contributed by atoms with Gasteiger partial charge in [-0.1, -0.05) is 42.5 Å². The first-order chi connectivity index (χ1) is 12.5. The molecule has 1 heterocycles. The predicted octanol–water partition coefficient (Wildman–Crippen LogP) is 2.60. The second kappa shape index (κ2) is 7.49. The predicted molar refractivity (Wildman–Crippen MR) is 93.6 cm³/mol. The molecule has 0 fully saturated rings. The highest BCUT2D eigenvalue weighted by Gasteiger charge is 2.44. The Morgan fingerprint density at radius 1 is 0.962 bits per heavy atom. The minimum Gasteiger partial charge on any atom is -0.455 e. The van der Waals surface area contributed by atoms with Gasteiger partial charge in [0.1, 0.15) is 12.1 Å². The van der Waals surface area contributed by atoms with Gasteiger partial charge in [0.15, 0.2) is 0 Å². The van der Waals surface area contributed by atoms with E-state index in [2.05, 4.69) is 0 Å². The monoisotopic (exact) mass is 353 g/mol. The molecule has 2 amide bonds. The van der Waals surface area contributed by atoms with Crippen LogP contribution in [-0.2, 0) is 14.3 Å². The van der Waals surface area contributed by atoms with E-state index in [9.17, 15) is 14.4 Å². The highest BCUT2D eigenvalue weighted by molar-refractivity contribution is 6.21. The van der Waals surface area contributed by atoms with E-state index in [1.54, 1.807) is 48.5 Å². The number of imide groups is 1. The normalized spacial score (nSPS) is 15.5. The van der Waals surface area contributed by atoms with E-state index in [-0.39, 0.29) is 6.61 Å². The number of benzene rings is 2. The molecule has 3 rings (SSSR count). The van der Waals surface area contributed by atoms with Crippen molar-refractivity contribution >= 4 is 17.8 Å². The second-order valence-corrected chi connectivity index (χ2v) is 5.99. The van der Waals surface area contributed by atoms with Gasteiger partial charge in [0.25, 0.3) is 11.8 Å². The Labute approximate surface area is 151 Å². The van der Waals surface area contributed by atoms with Gasteiger partial charge < -0.3 is 9.47 Å². The van der Waals surface area contributed by atoms with Gasteiger partial charge in [-0.25, -0.2) is 0 Å². The average Bonchev–Trinajstić information content (AvgIpc) is 2.90. The molecule has 134 valence electrons. The van der Waals surface area contributed by atoms with Crippen molar-refractivity contribution < 1.29 is 23.9 Å². The summed E-state index contributed by atoms with van der Waals surface area (Å²) < 4.78 is 10.8. The van der Waals surface area contributed by atoms with E-state index < -0.39 is 29.9 Å². The molecule has 0 spiro atoms. The molecule has 0 aliphatic carbocycles. The summed E-state index contributed by atoms with van der Waals surface area (Å²) in [5.74, 6) is -1.34. The standard InChI is InChI=1S/C20H19NO5/c1-13(22)26-18(14-8-4-3-5-9-14)17(12-25-2)21-19(23)15-10-6-7-11-16(15)20(21)24/h3-11,17-18H,12H2,1-2H3/t17-,18+/m0/s1. The number of methoxy groups -OCH3 is 1. The van der Waals surface area contributed by atoms with Crippen LogP contribution >= 0.6 is 0 Å². The topological polar surface area (TPSA) is 72.9 Å². The van der Waals surface area contributed by atoms with Crippen molar-refractivity contribution in [3.05, 3.63) is 71.3 Å². The smallest absolute Gasteiger partial charge is 0.303 e. The van der Waals surface area contributed by atoms with E-state index in [0.29, 0.717) is 16.7 Å². The maximum Gasteiger partial charge on any atom is 0.303 e. The van der Waals surface area contributed by atoms with Gasteiger partial charge in [-0.15, -0.1) is 0 Å². The quantitative estimate of drug-likeness (QED) is 0.590. The lowest BCUT2D eigenvalue weighted by Crippen LogP contribution is -2.47. The zero-order chi connectivity index (χ0) is 18.7. The lowest BCUT2D eigenvalue weighted by molar-refractivity contribution is -0.150. The largest absolute Gasteiger partial charge is 0.455 e. The number of carbonyl (C=O) groups is 3. The maximum absolute atomic E-state index is 12.9. The van der Waals surface area contributed by atoms with Crippen LogP contribution in [0.3, 0.4) is 0 Å². The van der Waals surface area contributed by atoms with Crippen LogP contribution in [0.4, 0.5) is 0 Å². The first-order valence-electron chi connectivity index (χ1n) is 8.22. The molecule has 6 heteroatoms. The molecule has 2 aromatic rings. The van der Waals surface area contributed by atoms with Gasteiger partial charge in [-0.3, -0.25) is 19.3 Å². The second-order valence-electron chi connectivity index (χ2n) is 5.99.